The van der Waals surface area contributed by atoms with Gasteiger partial charge in [0.15, 0.2) is 11.4 Å². The molecular formula is C18H14N2O6. The van der Waals surface area contributed by atoms with Crippen LogP contribution < -0.4 is 9.47 Å². The first kappa shape index (κ1) is 17.2. The van der Waals surface area contributed by atoms with E-state index in [9.17, 15) is 14.9 Å². The Kier molecular flexibility index (Phi) is 4.66. The van der Waals surface area contributed by atoms with E-state index in [1.807, 2.05) is 0 Å². The minimum atomic E-state index is -0.638. The molecule has 26 heavy (non-hydrogen) atoms. The molecular weight excluding hydrogens is 340 g/mol. The Bertz CT molecular complexity index is 948. The van der Waals surface area contributed by atoms with Gasteiger partial charge in [-0.05, 0) is 35.9 Å². The van der Waals surface area contributed by atoms with Gasteiger partial charge in [0.1, 0.15) is 5.75 Å². The normalized spacial score (nSPS) is 14.8. The third kappa shape index (κ3) is 3.39. The molecule has 1 aliphatic rings. The number of carbonyl (C=O) groups is 1. The highest BCUT2D eigenvalue weighted by atomic mass is 16.6. The van der Waals surface area contributed by atoms with Crippen molar-refractivity contribution in [2.45, 2.75) is 0 Å². The lowest BCUT2D eigenvalue weighted by Crippen LogP contribution is -2.06. The lowest BCUT2D eigenvalue weighted by Gasteiger charge is -2.03. The molecule has 0 unspecified atom stereocenters. The summed E-state index contributed by atoms with van der Waals surface area (Å²) >= 11 is 0. The van der Waals surface area contributed by atoms with Crippen molar-refractivity contribution >= 4 is 23.6 Å². The highest BCUT2D eigenvalue weighted by Crippen LogP contribution is 2.29. The van der Waals surface area contributed by atoms with E-state index in [1.165, 1.54) is 25.3 Å². The number of cyclic esters (lactones) is 1. The first-order chi connectivity index (χ1) is 12.5. The van der Waals surface area contributed by atoms with E-state index in [0.29, 0.717) is 16.9 Å². The van der Waals surface area contributed by atoms with E-state index in [1.54, 1.807) is 37.5 Å². The largest absolute Gasteiger partial charge is 0.497 e. The zero-order valence-electron chi connectivity index (χ0n) is 14.0. The lowest BCUT2D eigenvalue weighted by molar-refractivity contribution is -0.385. The number of nitro groups is 1. The zero-order valence-corrected chi connectivity index (χ0v) is 14.0. The van der Waals surface area contributed by atoms with Gasteiger partial charge >= 0.3 is 11.7 Å². The molecule has 8 heteroatoms. The standard InChI is InChI=1S/C18H14N2O6/c1-24-13-5-3-4-11(8-13)9-14-18(21)26-17(19-14)12-6-7-16(25-2)15(10-12)20(22)23/h3-10H,1-2H3/b14-9-. The maximum atomic E-state index is 12.1. The van der Waals surface area contributed by atoms with Gasteiger partial charge in [0.25, 0.3) is 0 Å². The van der Waals surface area contributed by atoms with E-state index < -0.39 is 10.9 Å². The second-order valence-corrected chi connectivity index (χ2v) is 5.26. The summed E-state index contributed by atoms with van der Waals surface area (Å²) in [4.78, 5) is 26.8. The quantitative estimate of drug-likeness (QED) is 0.354. The summed E-state index contributed by atoms with van der Waals surface area (Å²) in [5.74, 6) is 0.104. The zero-order chi connectivity index (χ0) is 18.7. The molecule has 0 N–H and O–H groups in total. The second kappa shape index (κ2) is 7.06. The van der Waals surface area contributed by atoms with Crippen LogP contribution in [0.3, 0.4) is 0 Å². The smallest absolute Gasteiger partial charge is 0.363 e. The fourth-order valence-electron chi connectivity index (χ4n) is 2.39. The molecule has 8 nitrogen and oxygen atoms in total. The summed E-state index contributed by atoms with van der Waals surface area (Å²) in [6.45, 7) is 0. The van der Waals surface area contributed by atoms with E-state index in [-0.39, 0.29) is 23.0 Å². The summed E-state index contributed by atoms with van der Waals surface area (Å²) in [7, 11) is 2.88. The highest BCUT2D eigenvalue weighted by Gasteiger charge is 2.26. The van der Waals surface area contributed by atoms with Crippen LogP contribution in [0.1, 0.15) is 11.1 Å². The van der Waals surface area contributed by atoms with E-state index in [0.717, 1.165) is 0 Å². The first-order valence-electron chi connectivity index (χ1n) is 7.51. The number of ether oxygens (including phenoxy) is 3. The molecule has 132 valence electrons. The predicted octanol–water partition coefficient (Wildman–Crippen LogP) is 2.96. The third-order valence-corrected chi connectivity index (χ3v) is 3.64. The van der Waals surface area contributed by atoms with Crippen LogP contribution >= 0.6 is 0 Å². The monoisotopic (exact) mass is 354 g/mol. The number of nitrogens with zero attached hydrogens (tertiary/aromatic N) is 2. The molecule has 0 atom stereocenters. The van der Waals surface area contributed by atoms with Crippen molar-refractivity contribution in [1.29, 1.82) is 0 Å². The molecule has 0 saturated heterocycles. The van der Waals surface area contributed by atoms with Gasteiger partial charge in [-0.2, -0.15) is 0 Å². The minimum Gasteiger partial charge on any atom is -0.497 e. The Morgan fingerprint density at radius 3 is 2.65 bits per heavy atom. The van der Waals surface area contributed by atoms with Gasteiger partial charge in [-0.15, -0.1) is 0 Å². The number of hydrogen-bond donors (Lipinski definition) is 0. The summed E-state index contributed by atoms with van der Waals surface area (Å²) in [6, 6.07) is 11.3. The molecule has 0 fully saturated rings. The van der Waals surface area contributed by atoms with E-state index in [4.69, 9.17) is 14.2 Å². The molecule has 1 aliphatic heterocycles. The van der Waals surface area contributed by atoms with Crippen molar-refractivity contribution in [2.75, 3.05) is 14.2 Å². The molecule has 0 radical (unpaired) electrons. The summed E-state index contributed by atoms with van der Waals surface area (Å²) in [6.07, 6.45) is 1.55. The van der Waals surface area contributed by atoms with Crippen molar-refractivity contribution < 1.29 is 23.9 Å². The number of esters is 1. The molecule has 0 spiro atoms. The number of methoxy groups -OCH3 is 2. The lowest BCUT2D eigenvalue weighted by atomic mass is 10.2. The molecule has 0 amide bonds. The fourth-order valence-corrected chi connectivity index (χ4v) is 2.39. The predicted molar refractivity (Wildman–Crippen MR) is 93.2 cm³/mol. The van der Waals surface area contributed by atoms with Gasteiger partial charge < -0.3 is 14.2 Å². The van der Waals surface area contributed by atoms with Crippen molar-refractivity contribution in [3.63, 3.8) is 0 Å². The Morgan fingerprint density at radius 1 is 1.15 bits per heavy atom. The van der Waals surface area contributed by atoms with Crippen LogP contribution in [0.25, 0.3) is 6.08 Å². The van der Waals surface area contributed by atoms with Crippen LogP contribution in [-0.2, 0) is 9.53 Å². The number of aliphatic imine (C=N–C) groups is 1. The van der Waals surface area contributed by atoms with Crippen molar-refractivity contribution in [1.82, 2.24) is 0 Å². The van der Waals surface area contributed by atoms with Crippen LogP contribution in [0.4, 0.5) is 5.69 Å². The van der Waals surface area contributed by atoms with Crippen LogP contribution in [0, 0.1) is 10.1 Å². The minimum absolute atomic E-state index is 0.00472. The van der Waals surface area contributed by atoms with Crippen molar-refractivity contribution in [2.24, 2.45) is 4.99 Å². The Labute approximate surface area is 148 Å². The molecule has 0 bridgehead atoms. The number of hydrogen-bond acceptors (Lipinski definition) is 7. The van der Waals surface area contributed by atoms with Gasteiger partial charge in [0.2, 0.25) is 5.90 Å². The number of nitro benzene ring substituents is 1. The maximum Gasteiger partial charge on any atom is 0.363 e. The molecule has 2 aromatic carbocycles. The van der Waals surface area contributed by atoms with E-state index in [2.05, 4.69) is 4.99 Å². The maximum absolute atomic E-state index is 12.1. The molecule has 2 aromatic rings. The Hall–Kier alpha value is -3.68. The number of rotatable bonds is 5. The topological polar surface area (TPSA) is 100 Å². The fraction of sp³-hybridized carbons (Fsp3) is 0.111. The van der Waals surface area contributed by atoms with Gasteiger partial charge in [0.05, 0.1) is 19.1 Å². The van der Waals surface area contributed by atoms with Gasteiger partial charge in [0, 0.05) is 11.6 Å². The Balaban J connectivity index is 1.96. The SMILES string of the molecule is COc1cccc(/C=C2\N=C(c3ccc(OC)c([N+](=O)[O-])c3)OC2=O)c1. The number of carbonyl (C=O) groups excluding carboxylic acids is 1. The van der Waals surface area contributed by atoms with Gasteiger partial charge in [-0.25, -0.2) is 9.79 Å². The van der Waals surface area contributed by atoms with Crippen molar-refractivity contribution in [3.05, 3.63) is 69.4 Å². The molecule has 3 rings (SSSR count). The average molecular weight is 354 g/mol. The molecule has 0 saturated carbocycles. The van der Waals surface area contributed by atoms with Gasteiger partial charge in [-0.1, -0.05) is 12.1 Å². The number of benzene rings is 2. The highest BCUT2D eigenvalue weighted by molar-refractivity contribution is 6.13. The molecule has 1 heterocycles. The summed E-state index contributed by atoms with van der Waals surface area (Å²) in [5, 5.41) is 11.1. The first-order valence-corrected chi connectivity index (χ1v) is 7.51. The Morgan fingerprint density at radius 2 is 1.96 bits per heavy atom. The van der Waals surface area contributed by atoms with Crippen LogP contribution in [0.15, 0.2) is 53.2 Å². The van der Waals surface area contributed by atoms with Gasteiger partial charge in [-0.3, -0.25) is 10.1 Å². The molecule has 0 aromatic heterocycles. The van der Waals surface area contributed by atoms with Crippen LogP contribution in [0.2, 0.25) is 0 Å². The summed E-state index contributed by atoms with van der Waals surface area (Å²) < 4.78 is 15.2. The van der Waals surface area contributed by atoms with Crippen molar-refractivity contribution in [3.8, 4) is 11.5 Å². The molecule has 0 aliphatic carbocycles. The summed E-state index contributed by atoms with van der Waals surface area (Å²) in [5.41, 5.74) is 0.864. The van der Waals surface area contributed by atoms with Crippen LogP contribution in [0.5, 0.6) is 11.5 Å². The van der Waals surface area contributed by atoms with Crippen LogP contribution in [-0.4, -0.2) is 31.0 Å². The second-order valence-electron chi connectivity index (χ2n) is 5.26. The van der Waals surface area contributed by atoms with E-state index >= 15 is 0 Å². The average Bonchev–Trinajstić information content (AvgIpc) is 3.01. The third-order valence-electron chi connectivity index (χ3n) is 3.64.